The number of halogens is 2. The van der Waals surface area contributed by atoms with E-state index in [4.69, 9.17) is 0 Å². The maximum absolute atomic E-state index is 13.4. The van der Waals surface area contributed by atoms with E-state index in [1.807, 2.05) is 0 Å². The van der Waals surface area contributed by atoms with E-state index in [1.165, 1.54) is 11.9 Å². The molecule has 0 saturated heterocycles. The molecule has 1 aliphatic heterocycles. The Balaban J connectivity index is 2.46. The minimum absolute atomic E-state index is 0.169. The molecule has 0 aromatic heterocycles. The van der Waals surface area contributed by atoms with E-state index in [0.717, 1.165) is 12.1 Å². The largest absolute Gasteiger partial charge is 0.372 e. The van der Waals surface area contributed by atoms with Crippen LogP contribution in [0.25, 0.3) is 0 Å². The van der Waals surface area contributed by atoms with Crippen molar-refractivity contribution in [2.75, 3.05) is 23.8 Å². The van der Waals surface area contributed by atoms with Gasteiger partial charge in [-0.3, -0.25) is 14.5 Å². The Labute approximate surface area is 114 Å². The van der Waals surface area contributed by atoms with E-state index in [9.17, 15) is 18.4 Å². The first-order valence-corrected chi connectivity index (χ1v) is 6.25. The van der Waals surface area contributed by atoms with Gasteiger partial charge in [0.2, 0.25) is 11.8 Å². The van der Waals surface area contributed by atoms with Crippen molar-refractivity contribution < 1.29 is 18.4 Å². The Bertz CT molecular complexity index is 563. The highest BCUT2D eigenvalue weighted by atomic mass is 19.2. The number of nitrogens with zero attached hydrogens (tertiary/aromatic N) is 1. The van der Waals surface area contributed by atoms with Crippen LogP contribution in [0.15, 0.2) is 12.1 Å². The average Bonchev–Trinajstić information content (AvgIpc) is 2.43. The van der Waals surface area contributed by atoms with Gasteiger partial charge in [-0.1, -0.05) is 6.92 Å². The molecule has 0 radical (unpaired) electrons. The van der Waals surface area contributed by atoms with Crippen molar-refractivity contribution in [2.24, 2.45) is 0 Å². The Morgan fingerprint density at radius 1 is 1.40 bits per heavy atom. The lowest BCUT2D eigenvalue weighted by molar-refractivity contribution is -0.124. The van der Waals surface area contributed by atoms with E-state index in [2.05, 4.69) is 10.6 Å². The summed E-state index contributed by atoms with van der Waals surface area (Å²) >= 11 is 0. The summed E-state index contributed by atoms with van der Waals surface area (Å²) in [4.78, 5) is 24.9. The minimum atomic E-state index is -1.06. The molecule has 108 valence electrons. The van der Waals surface area contributed by atoms with Gasteiger partial charge >= 0.3 is 0 Å². The van der Waals surface area contributed by atoms with Gasteiger partial charge < -0.3 is 10.6 Å². The second kappa shape index (κ2) is 5.44. The van der Waals surface area contributed by atoms with Gasteiger partial charge in [-0.15, -0.1) is 0 Å². The monoisotopic (exact) mass is 283 g/mol. The van der Waals surface area contributed by atoms with Crippen LogP contribution in [0, 0.1) is 11.6 Å². The molecule has 0 fully saturated rings. The fraction of sp³-hybridized carbons (Fsp3) is 0.385. The molecule has 0 spiro atoms. The number of benzene rings is 1. The van der Waals surface area contributed by atoms with Crippen LogP contribution in [0.5, 0.6) is 0 Å². The number of rotatable bonds is 3. The van der Waals surface area contributed by atoms with Crippen LogP contribution in [-0.2, 0) is 9.59 Å². The van der Waals surface area contributed by atoms with Crippen LogP contribution in [0.4, 0.5) is 20.2 Å². The predicted molar refractivity (Wildman–Crippen MR) is 70.5 cm³/mol. The van der Waals surface area contributed by atoms with Crippen LogP contribution in [0.1, 0.15) is 13.3 Å². The summed E-state index contributed by atoms with van der Waals surface area (Å²) in [6.07, 6.45) is 0.474. The molecule has 1 aromatic rings. The first kappa shape index (κ1) is 14.2. The normalized spacial score (nSPS) is 17.5. The molecule has 1 aliphatic rings. The molecule has 0 bridgehead atoms. The summed E-state index contributed by atoms with van der Waals surface area (Å²) in [6, 6.07) is 1.36. The van der Waals surface area contributed by atoms with Crippen LogP contribution in [-0.4, -0.2) is 31.4 Å². The first-order chi connectivity index (χ1) is 9.47. The maximum Gasteiger partial charge on any atom is 0.250 e. The summed E-state index contributed by atoms with van der Waals surface area (Å²) in [6.45, 7) is 1.56. The third-order valence-corrected chi connectivity index (χ3v) is 3.21. The molecule has 0 aliphatic carbocycles. The number of anilines is 2. The summed E-state index contributed by atoms with van der Waals surface area (Å²) in [5.74, 6) is -2.78. The van der Waals surface area contributed by atoms with E-state index in [-0.39, 0.29) is 24.0 Å². The highest BCUT2D eigenvalue weighted by Crippen LogP contribution is 2.33. The van der Waals surface area contributed by atoms with Gasteiger partial charge in [-0.25, -0.2) is 8.78 Å². The topological polar surface area (TPSA) is 61.4 Å². The number of carbonyl (C=O) groups is 2. The molecule has 0 saturated carbocycles. The molecule has 2 N–H and O–H groups in total. The smallest absolute Gasteiger partial charge is 0.250 e. The van der Waals surface area contributed by atoms with Gasteiger partial charge in [0.05, 0.1) is 11.4 Å². The number of hydrogen-bond acceptors (Lipinski definition) is 3. The molecule has 1 aromatic carbocycles. The lowest BCUT2D eigenvalue weighted by Gasteiger charge is -2.34. The highest BCUT2D eigenvalue weighted by Gasteiger charge is 2.33. The van der Waals surface area contributed by atoms with E-state index in [1.54, 1.807) is 6.92 Å². The molecule has 20 heavy (non-hydrogen) atoms. The molecule has 1 atom stereocenters. The second-order valence-electron chi connectivity index (χ2n) is 4.49. The molecule has 7 heteroatoms. The Morgan fingerprint density at radius 3 is 2.65 bits per heavy atom. The molecule has 1 unspecified atom stereocenters. The van der Waals surface area contributed by atoms with Crippen LogP contribution < -0.4 is 15.5 Å². The molecule has 2 amide bonds. The first-order valence-electron chi connectivity index (χ1n) is 6.25. The number of carbonyl (C=O) groups excluding carboxylic acids is 2. The van der Waals surface area contributed by atoms with Gasteiger partial charge in [0.25, 0.3) is 0 Å². The highest BCUT2D eigenvalue weighted by molar-refractivity contribution is 6.07. The standard InChI is InChI=1S/C13H15F2N3O2/c1-3-9-13(20)18(6-12(19)16-2)11-5-8(15)7(14)4-10(11)17-9/h4-5,9,17H,3,6H2,1-2H3,(H,16,19). The molecular formula is C13H15F2N3O2. The molecule has 2 rings (SSSR count). The number of nitrogens with one attached hydrogen (secondary N) is 2. The number of amides is 2. The van der Waals surface area contributed by atoms with Crippen molar-refractivity contribution in [3.8, 4) is 0 Å². The summed E-state index contributed by atoms with van der Waals surface area (Å²) in [7, 11) is 1.44. The maximum atomic E-state index is 13.4. The second-order valence-corrected chi connectivity index (χ2v) is 4.49. The van der Waals surface area contributed by atoms with Crippen molar-refractivity contribution in [1.29, 1.82) is 0 Å². The molecule has 5 nitrogen and oxygen atoms in total. The lowest BCUT2D eigenvalue weighted by atomic mass is 10.1. The third-order valence-electron chi connectivity index (χ3n) is 3.21. The molecular weight excluding hydrogens is 268 g/mol. The predicted octanol–water partition coefficient (Wildman–Crippen LogP) is 1.25. The minimum Gasteiger partial charge on any atom is -0.372 e. The number of fused-ring (bicyclic) bond motifs is 1. The zero-order chi connectivity index (χ0) is 14.9. The fourth-order valence-corrected chi connectivity index (χ4v) is 2.09. The van der Waals surface area contributed by atoms with Crippen LogP contribution in [0.3, 0.4) is 0 Å². The fourth-order valence-electron chi connectivity index (χ4n) is 2.09. The van der Waals surface area contributed by atoms with Gasteiger partial charge in [0.1, 0.15) is 12.6 Å². The van der Waals surface area contributed by atoms with Crippen molar-refractivity contribution in [3.05, 3.63) is 23.8 Å². The quantitative estimate of drug-likeness (QED) is 0.877. The van der Waals surface area contributed by atoms with E-state index in [0.29, 0.717) is 12.1 Å². The third kappa shape index (κ3) is 2.43. The summed E-state index contributed by atoms with van der Waals surface area (Å²) in [5.41, 5.74) is 0.474. The van der Waals surface area contributed by atoms with Crippen molar-refractivity contribution >= 4 is 23.2 Å². The Kier molecular flexibility index (Phi) is 3.87. The Morgan fingerprint density at radius 2 is 2.05 bits per heavy atom. The van der Waals surface area contributed by atoms with E-state index < -0.39 is 17.7 Å². The van der Waals surface area contributed by atoms with Gasteiger partial charge in [0.15, 0.2) is 11.6 Å². The van der Waals surface area contributed by atoms with Gasteiger partial charge in [0, 0.05) is 19.2 Å². The number of likely N-dealkylation sites (N-methyl/N-ethyl adjacent to an activating group) is 1. The van der Waals surface area contributed by atoms with Crippen molar-refractivity contribution in [2.45, 2.75) is 19.4 Å². The zero-order valence-electron chi connectivity index (χ0n) is 11.2. The number of hydrogen-bond donors (Lipinski definition) is 2. The summed E-state index contributed by atoms with van der Waals surface area (Å²) < 4.78 is 26.7. The van der Waals surface area contributed by atoms with E-state index >= 15 is 0 Å². The lowest BCUT2D eigenvalue weighted by Crippen LogP contribution is -2.50. The summed E-state index contributed by atoms with van der Waals surface area (Å²) in [5, 5.41) is 5.26. The van der Waals surface area contributed by atoms with Gasteiger partial charge in [-0.2, -0.15) is 0 Å². The van der Waals surface area contributed by atoms with Crippen LogP contribution in [0.2, 0.25) is 0 Å². The van der Waals surface area contributed by atoms with Gasteiger partial charge in [-0.05, 0) is 6.42 Å². The zero-order valence-corrected chi connectivity index (χ0v) is 11.2. The van der Waals surface area contributed by atoms with Crippen LogP contribution >= 0.6 is 0 Å². The van der Waals surface area contributed by atoms with Crippen molar-refractivity contribution in [1.82, 2.24) is 5.32 Å². The average molecular weight is 283 g/mol. The SMILES string of the molecule is CCC1Nc2cc(F)c(F)cc2N(CC(=O)NC)C1=O. The Hall–Kier alpha value is -2.18. The van der Waals surface area contributed by atoms with Crippen molar-refractivity contribution in [3.63, 3.8) is 0 Å². The molecule has 1 heterocycles.